The first kappa shape index (κ1) is 13.1. The molecule has 1 aromatic rings. The van der Waals surface area contributed by atoms with Crippen LogP contribution in [0.5, 0.6) is 0 Å². The molecule has 0 spiro atoms. The average Bonchev–Trinajstić information content (AvgIpc) is 2.41. The van der Waals surface area contributed by atoms with Crippen LogP contribution >= 0.6 is 0 Å². The Morgan fingerprint density at radius 2 is 2.22 bits per heavy atom. The standard InChI is InChI=1S/C14H21N3O/c15-13(9-11-5-2-1-3-6-11)14(18)17-12-7-4-8-16-10-12/h1-3,5-6,12-13,16H,4,7-10,15H2,(H,17,18)/t12-,13?/m0/s1. The maximum atomic E-state index is 12.0. The highest BCUT2D eigenvalue weighted by molar-refractivity contribution is 5.82. The van der Waals surface area contributed by atoms with Crippen LogP contribution in [0.3, 0.4) is 0 Å². The van der Waals surface area contributed by atoms with Crippen molar-refractivity contribution in [3.8, 4) is 0 Å². The lowest BCUT2D eigenvalue weighted by atomic mass is 10.0. The summed E-state index contributed by atoms with van der Waals surface area (Å²) >= 11 is 0. The highest BCUT2D eigenvalue weighted by atomic mass is 16.2. The smallest absolute Gasteiger partial charge is 0.237 e. The third kappa shape index (κ3) is 3.82. The van der Waals surface area contributed by atoms with Crippen LogP contribution in [0.2, 0.25) is 0 Å². The number of carbonyl (C=O) groups is 1. The monoisotopic (exact) mass is 247 g/mol. The van der Waals surface area contributed by atoms with Crippen molar-refractivity contribution in [2.24, 2.45) is 5.73 Å². The van der Waals surface area contributed by atoms with E-state index in [0.717, 1.165) is 31.5 Å². The van der Waals surface area contributed by atoms with E-state index in [9.17, 15) is 4.79 Å². The summed E-state index contributed by atoms with van der Waals surface area (Å²) in [6.07, 6.45) is 2.74. The molecule has 4 N–H and O–H groups in total. The van der Waals surface area contributed by atoms with Gasteiger partial charge in [0, 0.05) is 12.6 Å². The Morgan fingerprint density at radius 3 is 2.89 bits per heavy atom. The first-order valence-electron chi connectivity index (χ1n) is 6.56. The van der Waals surface area contributed by atoms with Gasteiger partial charge < -0.3 is 16.4 Å². The van der Waals surface area contributed by atoms with Gasteiger partial charge in [0.1, 0.15) is 0 Å². The van der Waals surface area contributed by atoms with Gasteiger partial charge in [-0.2, -0.15) is 0 Å². The molecule has 1 amide bonds. The molecule has 4 nitrogen and oxygen atoms in total. The number of hydrogen-bond acceptors (Lipinski definition) is 3. The minimum atomic E-state index is -0.464. The maximum absolute atomic E-state index is 12.0. The quantitative estimate of drug-likeness (QED) is 0.722. The van der Waals surface area contributed by atoms with Crippen molar-refractivity contribution in [1.82, 2.24) is 10.6 Å². The minimum absolute atomic E-state index is 0.0486. The largest absolute Gasteiger partial charge is 0.351 e. The zero-order valence-electron chi connectivity index (χ0n) is 10.6. The van der Waals surface area contributed by atoms with Crippen molar-refractivity contribution in [1.29, 1.82) is 0 Å². The van der Waals surface area contributed by atoms with Gasteiger partial charge in [0.2, 0.25) is 5.91 Å². The molecule has 1 aliphatic rings. The Labute approximate surface area is 108 Å². The van der Waals surface area contributed by atoms with Crippen LogP contribution in [-0.2, 0) is 11.2 Å². The first-order chi connectivity index (χ1) is 8.75. The molecule has 1 unspecified atom stereocenters. The van der Waals surface area contributed by atoms with Gasteiger partial charge in [-0.25, -0.2) is 0 Å². The Morgan fingerprint density at radius 1 is 1.44 bits per heavy atom. The number of hydrogen-bond donors (Lipinski definition) is 3. The van der Waals surface area contributed by atoms with E-state index in [4.69, 9.17) is 5.73 Å². The van der Waals surface area contributed by atoms with Gasteiger partial charge in [0.05, 0.1) is 6.04 Å². The topological polar surface area (TPSA) is 67.2 Å². The van der Waals surface area contributed by atoms with Crippen molar-refractivity contribution in [3.63, 3.8) is 0 Å². The van der Waals surface area contributed by atoms with Gasteiger partial charge in [0.15, 0.2) is 0 Å². The van der Waals surface area contributed by atoms with Crippen molar-refractivity contribution < 1.29 is 4.79 Å². The molecular formula is C14H21N3O. The van der Waals surface area contributed by atoms with Crippen molar-refractivity contribution in [2.75, 3.05) is 13.1 Å². The molecule has 1 fully saturated rings. The summed E-state index contributed by atoms with van der Waals surface area (Å²) in [7, 11) is 0. The van der Waals surface area contributed by atoms with Gasteiger partial charge in [-0.15, -0.1) is 0 Å². The van der Waals surface area contributed by atoms with E-state index in [1.54, 1.807) is 0 Å². The van der Waals surface area contributed by atoms with E-state index in [0.29, 0.717) is 6.42 Å². The Balaban J connectivity index is 1.81. The zero-order valence-corrected chi connectivity index (χ0v) is 10.6. The second-order valence-corrected chi connectivity index (χ2v) is 4.85. The maximum Gasteiger partial charge on any atom is 0.237 e. The summed E-state index contributed by atoms with van der Waals surface area (Å²) < 4.78 is 0. The summed E-state index contributed by atoms with van der Waals surface area (Å²) in [5, 5.41) is 6.29. The van der Waals surface area contributed by atoms with E-state index in [-0.39, 0.29) is 11.9 Å². The number of amides is 1. The van der Waals surface area contributed by atoms with Gasteiger partial charge in [-0.3, -0.25) is 4.79 Å². The zero-order chi connectivity index (χ0) is 12.8. The molecule has 1 aliphatic heterocycles. The molecule has 2 atom stereocenters. The second-order valence-electron chi connectivity index (χ2n) is 4.85. The summed E-state index contributed by atoms with van der Waals surface area (Å²) in [4.78, 5) is 12.0. The van der Waals surface area contributed by atoms with E-state index >= 15 is 0 Å². The number of nitrogens with two attached hydrogens (primary N) is 1. The molecule has 0 aromatic heterocycles. The number of piperidine rings is 1. The normalized spacial score (nSPS) is 21.3. The van der Waals surface area contributed by atoms with Crippen LogP contribution in [0.25, 0.3) is 0 Å². The highest BCUT2D eigenvalue weighted by Crippen LogP contribution is 2.04. The predicted octanol–water partition coefficient (Wildman–Crippen LogP) is 0.425. The second kappa shape index (κ2) is 6.52. The summed E-state index contributed by atoms with van der Waals surface area (Å²) in [6.45, 7) is 1.90. The minimum Gasteiger partial charge on any atom is -0.351 e. The van der Waals surface area contributed by atoms with Crippen LogP contribution in [-0.4, -0.2) is 31.1 Å². The van der Waals surface area contributed by atoms with Crippen LogP contribution < -0.4 is 16.4 Å². The lowest BCUT2D eigenvalue weighted by Crippen LogP contribution is -2.51. The fourth-order valence-electron chi connectivity index (χ4n) is 2.24. The number of benzene rings is 1. The fourth-order valence-corrected chi connectivity index (χ4v) is 2.24. The van der Waals surface area contributed by atoms with E-state index < -0.39 is 6.04 Å². The van der Waals surface area contributed by atoms with Crippen molar-refractivity contribution >= 4 is 5.91 Å². The van der Waals surface area contributed by atoms with Gasteiger partial charge in [-0.05, 0) is 31.4 Å². The average molecular weight is 247 g/mol. The van der Waals surface area contributed by atoms with E-state index in [1.165, 1.54) is 0 Å². The summed E-state index contributed by atoms with van der Waals surface area (Å²) in [6, 6.07) is 9.64. The lowest BCUT2D eigenvalue weighted by Gasteiger charge is -2.25. The molecule has 1 heterocycles. The number of carbonyl (C=O) groups excluding carboxylic acids is 1. The number of nitrogens with one attached hydrogen (secondary N) is 2. The summed E-state index contributed by atoms with van der Waals surface area (Å²) in [5.41, 5.74) is 7.03. The molecule has 0 saturated carbocycles. The van der Waals surface area contributed by atoms with E-state index in [2.05, 4.69) is 10.6 Å². The predicted molar refractivity (Wildman–Crippen MR) is 72.2 cm³/mol. The highest BCUT2D eigenvalue weighted by Gasteiger charge is 2.19. The lowest BCUT2D eigenvalue weighted by molar-refractivity contribution is -0.123. The molecule has 18 heavy (non-hydrogen) atoms. The Hall–Kier alpha value is -1.39. The molecule has 2 rings (SSSR count). The molecule has 0 aliphatic carbocycles. The molecule has 1 saturated heterocycles. The van der Waals surface area contributed by atoms with Gasteiger partial charge in [-0.1, -0.05) is 30.3 Å². The first-order valence-corrected chi connectivity index (χ1v) is 6.56. The van der Waals surface area contributed by atoms with Crippen LogP contribution in [0.4, 0.5) is 0 Å². The number of rotatable bonds is 4. The molecule has 0 radical (unpaired) electrons. The third-order valence-electron chi connectivity index (χ3n) is 3.28. The van der Waals surface area contributed by atoms with Gasteiger partial charge in [0.25, 0.3) is 0 Å². The van der Waals surface area contributed by atoms with Crippen LogP contribution in [0.15, 0.2) is 30.3 Å². The molecule has 1 aromatic carbocycles. The third-order valence-corrected chi connectivity index (χ3v) is 3.28. The summed E-state index contributed by atoms with van der Waals surface area (Å²) in [5.74, 6) is -0.0486. The fraction of sp³-hybridized carbons (Fsp3) is 0.500. The molecular weight excluding hydrogens is 226 g/mol. The Bertz CT molecular complexity index is 374. The molecule has 0 bridgehead atoms. The van der Waals surface area contributed by atoms with Crippen molar-refractivity contribution in [2.45, 2.75) is 31.3 Å². The SMILES string of the molecule is NC(Cc1ccccc1)C(=O)N[C@H]1CCCNC1. The molecule has 4 heteroatoms. The van der Waals surface area contributed by atoms with Crippen LogP contribution in [0, 0.1) is 0 Å². The van der Waals surface area contributed by atoms with Crippen molar-refractivity contribution in [3.05, 3.63) is 35.9 Å². The Kier molecular flexibility index (Phi) is 4.73. The van der Waals surface area contributed by atoms with Crippen LogP contribution in [0.1, 0.15) is 18.4 Å². The van der Waals surface area contributed by atoms with Gasteiger partial charge >= 0.3 is 0 Å². The molecule has 98 valence electrons. The van der Waals surface area contributed by atoms with E-state index in [1.807, 2.05) is 30.3 Å².